The molecule has 0 heterocycles. The van der Waals surface area contributed by atoms with E-state index in [9.17, 15) is 4.79 Å². The lowest BCUT2D eigenvalue weighted by molar-refractivity contribution is 0.0992. The topological polar surface area (TPSA) is 26.3 Å². The van der Waals surface area contributed by atoms with Gasteiger partial charge in [-0.25, -0.2) is 0 Å². The number of Topliss-reactive ketones (excluding diaryl/α,β-unsaturated/α-hetero) is 1. The first-order valence-electron chi connectivity index (χ1n) is 5.82. The molecule has 0 saturated carbocycles. The summed E-state index contributed by atoms with van der Waals surface area (Å²) in [6.07, 6.45) is 0.332. The molecule has 0 amide bonds. The van der Waals surface area contributed by atoms with Gasteiger partial charge in [0.1, 0.15) is 5.75 Å². The van der Waals surface area contributed by atoms with Crippen LogP contribution in [0.3, 0.4) is 0 Å². The fraction of sp³-hybridized carbons (Fsp3) is 0.133. The Morgan fingerprint density at radius 2 is 2.05 bits per heavy atom. The monoisotopic (exact) mass is 464 g/mol. The minimum Gasteiger partial charge on any atom is -0.496 e. The molecule has 20 heavy (non-hydrogen) atoms. The number of halogens is 3. The number of hydrogen-bond donors (Lipinski definition) is 0. The zero-order valence-corrected chi connectivity index (χ0v) is 15.1. The van der Waals surface area contributed by atoms with Crippen LogP contribution < -0.4 is 4.74 Å². The highest BCUT2D eigenvalue weighted by Gasteiger charge is 2.12. The van der Waals surface area contributed by atoms with Crippen LogP contribution in [-0.2, 0) is 6.42 Å². The highest BCUT2D eigenvalue weighted by molar-refractivity contribution is 14.1. The van der Waals surface area contributed by atoms with Gasteiger partial charge in [0.15, 0.2) is 5.78 Å². The van der Waals surface area contributed by atoms with Crippen LogP contribution in [0, 0.1) is 3.57 Å². The van der Waals surface area contributed by atoms with E-state index >= 15 is 0 Å². The van der Waals surface area contributed by atoms with Crippen molar-refractivity contribution < 1.29 is 9.53 Å². The standard InChI is InChI=1S/C15H11BrClIO2/c1-20-15-5-2-9(6-12(15)16)7-14(19)11-8-10(17)3-4-13(11)18/h2-6,8H,7H2,1H3. The molecule has 0 aliphatic rings. The van der Waals surface area contributed by atoms with E-state index in [-0.39, 0.29) is 5.78 Å². The van der Waals surface area contributed by atoms with Gasteiger partial charge >= 0.3 is 0 Å². The van der Waals surface area contributed by atoms with E-state index < -0.39 is 0 Å². The van der Waals surface area contributed by atoms with Crippen LogP contribution in [0.15, 0.2) is 40.9 Å². The average Bonchev–Trinajstić information content (AvgIpc) is 2.41. The van der Waals surface area contributed by atoms with E-state index in [4.69, 9.17) is 16.3 Å². The predicted molar refractivity (Wildman–Crippen MR) is 92.9 cm³/mol. The molecule has 5 heteroatoms. The van der Waals surface area contributed by atoms with Crippen molar-refractivity contribution in [1.82, 2.24) is 0 Å². The van der Waals surface area contributed by atoms with Crippen LogP contribution in [0.5, 0.6) is 5.75 Å². The second-order valence-electron chi connectivity index (χ2n) is 4.19. The molecule has 0 bridgehead atoms. The second-order valence-corrected chi connectivity index (χ2v) is 6.65. The smallest absolute Gasteiger partial charge is 0.168 e. The maximum absolute atomic E-state index is 12.3. The SMILES string of the molecule is COc1ccc(CC(=O)c2cc(Cl)ccc2I)cc1Br. The van der Waals surface area contributed by atoms with Gasteiger partial charge in [-0.15, -0.1) is 0 Å². The Morgan fingerprint density at radius 3 is 2.70 bits per heavy atom. The molecule has 2 rings (SSSR count). The molecular weight excluding hydrogens is 454 g/mol. The number of methoxy groups -OCH3 is 1. The van der Waals surface area contributed by atoms with Crippen molar-refractivity contribution in [3.05, 3.63) is 60.6 Å². The van der Waals surface area contributed by atoms with Crippen molar-refractivity contribution in [3.63, 3.8) is 0 Å². The summed E-state index contributed by atoms with van der Waals surface area (Å²) in [6, 6.07) is 11.0. The van der Waals surface area contributed by atoms with Gasteiger partial charge in [-0.05, 0) is 74.4 Å². The van der Waals surface area contributed by atoms with E-state index in [0.29, 0.717) is 17.0 Å². The molecule has 0 aliphatic carbocycles. The molecule has 0 spiro atoms. The van der Waals surface area contributed by atoms with Gasteiger partial charge < -0.3 is 4.74 Å². The Kier molecular flexibility index (Phi) is 5.46. The van der Waals surface area contributed by atoms with Gasteiger partial charge in [-0.1, -0.05) is 17.7 Å². The molecule has 0 N–H and O–H groups in total. The highest BCUT2D eigenvalue weighted by Crippen LogP contribution is 2.26. The third-order valence-corrected chi connectivity index (χ3v) is 4.61. The molecule has 0 atom stereocenters. The molecule has 0 saturated heterocycles. The molecule has 0 aliphatic heterocycles. The van der Waals surface area contributed by atoms with Crippen molar-refractivity contribution in [3.8, 4) is 5.75 Å². The molecule has 2 nitrogen and oxygen atoms in total. The summed E-state index contributed by atoms with van der Waals surface area (Å²) in [5.74, 6) is 0.799. The Hall–Kier alpha value is -0.590. The van der Waals surface area contributed by atoms with Gasteiger partial charge in [-0.2, -0.15) is 0 Å². The summed E-state index contributed by atoms with van der Waals surface area (Å²) in [4.78, 5) is 12.3. The van der Waals surface area contributed by atoms with Crippen molar-refractivity contribution in [2.45, 2.75) is 6.42 Å². The third-order valence-electron chi connectivity index (χ3n) is 2.81. The summed E-state index contributed by atoms with van der Waals surface area (Å²) < 4.78 is 6.92. The first kappa shape index (κ1) is 15.8. The minimum absolute atomic E-state index is 0.0500. The molecule has 0 unspecified atom stereocenters. The number of ketones is 1. The van der Waals surface area contributed by atoms with Gasteiger partial charge in [0.25, 0.3) is 0 Å². The normalized spacial score (nSPS) is 10.4. The number of ether oxygens (including phenoxy) is 1. The van der Waals surface area contributed by atoms with E-state index in [1.807, 2.05) is 24.3 Å². The Morgan fingerprint density at radius 1 is 1.30 bits per heavy atom. The summed E-state index contributed by atoms with van der Waals surface area (Å²) in [7, 11) is 1.61. The summed E-state index contributed by atoms with van der Waals surface area (Å²) in [5.41, 5.74) is 1.59. The van der Waals surface area contributed by atoms with Crippen molar-refractivity contribution in [2.75, 3.05) is 7.11 Å². The Labute approximate surface area is 144 Å². The first-order chi connectivity index (χ1) is 9.51. The molecule has 2 aromatic rings. The number of carbonyl (C=O) groups excluding carboxylic acids is 1. The summed E-state index contributed by atoms with van der Waals surface area (Å²) >= 11 is 11.5. The van der Waals surface area contributed by atoms with E-state index in [2.05, 4.69) is 38.5 Å². The van der Waals surface area contributed by atoms with Crippen LogP contribution in [0.25, 0.3) is 0 Å². The van der Waals surface area contributed by atoms with Gasteiger partial charge in [-0.3, -0.25) is 4.79 Å². The summed E-state index contributed by atoms with van der Waals surface area (Å²) in [6.45, 7) is 0. The quantitative estimate of drug-likeness (QED) is 0.462. The maximum Gasteiger partial charge on any atom is 0.168 e. The average molecular weight is 466 g/mol. The molecule has 2 aromatic carbocycles. The molecule has 0 fully saturated rings. The van der Waals surface area contributed by atoms with Gasteiger partial charge in [0, 0.05) is 20.6 Å². The number of hydrogen-bond acceptors (Lipinski definition) is 2. The van der Waals surface area contributed by atoms with Crippen LogP contribution >= 0.6 is 50.1 Å². The molecule has 0 aromatic heterocycles. The van der Waals surface area contributed by atoms with Crippen LogP contribution in [-0.4, -0.2) is 12.9 Å². The number of rotatable bonds is 4. The van der Waals surface area contributed by atoms with Gasteiger partial charge in [0.2, 0.25) is 0 Å². The molecule has 0 radical (unpaired) electrons. The zero-order valence-electron chi connectivity index (χ0n) is 10.6. The van der Waals surface area contributed by atoms with Crippen molar-refractivity contribution in [2.24, 2.45) is 0 Å². The van der Waals surface area contributed by atoms with E-state index in [1.165, 1.54) is 0 Å². The Bertz CT molecular complexity index is 658. The summed E-state index contributed by atoms with van der Waals surface area (Å²) in [5, 5.41) is 0.574. The van der Waals surface area contributed by atoms with E-state index in [0.717, 1.165) is 19.4 Å². The maximum atomic E-state index is 12.3. The second kappa shape index (κ2) is 6.91. The molecule has 104 valence electrons. The lowest BCUT2D eigenvalue weighted by Gasteiger charge is -2.07. The number of carbonyl (C=O) groups is 1. The fourth-order valence-electron chi connectivity index (χ4n) is 1.81. The largest absolute Gasteiger partial charge is 0.496 e. The Balaban J connectivity index is 2.23. The zero-order chi connectivity index (χ0) is 14.7. The highest BCUT2D eigenvalue weighted by atomic mass is 127. The first-order valence-corrected chi connectivity index (χ1v) is 8.07. The minimum atomic E-state index is 0.0500. The van der Waals surface area contributed by atoms with E-state index in [1.54, 1.807) is 19.2 Å². The fourth-order valence-corrected chi connectivity index (χ4v) is 3.21. The van der Waals surface area contributed by atoms with Crippen LogP contribution in [0.2, 0.25) is 5.02 Å². The lowest BCUT2D eigenvalue weighted by Crippen LogP contribution is -2.06. The van der Waals surface area contributed by atoms with Crippen molar-refractivity contribution in [1.29, 1.82) is 0 Å². The predicted octanol–water partition coefficient (Wildman–Crippen LogP) is 5.14. The van der Waals surface area contributed by atoms with Crippen molar-refractivity contribution >= 4 is 55.9 Å². The van der Waals surface area contributed by atoms with Gasteiger partial charge in [0.05, 0.1) is 11.6 Å². The number of benzene rings is 2. The van der Waals surface area contributed by atoms with Crippen LogP contribution in [0.4, 0.5) is 0 Å². The lowest BCUT2D eigenvalue weighted by atomic mass is 10.0. The molecular formula is C15H11BrClIO2. The van der Waals surface area contributed by atoms with Crippen LogP contribution in [0.1, 0.15) is 15.9 Å². The third kappa shape index (κ3) is 3.74.